The molecule has 0 radical (unpaired) electrons. The zero-order valence-corrected chi connectivity index (χ0v) is 23.9. The standard InChI is InChI=1S/C38H20N2S2/c39-21-23-15-16-36-34(17-23)33-13-6-11-30(38(33)42-36)27-19-25(28-8-2-1-7-24(28)22-40)18-26(20-27)29-10-5-12-32-31-9-3-4-14-35(31)41-37(29)32/h1-20H. The molecule has 194 valence electrons. The van der Waals surface area contributed by atoms with Crippen LogP contribution in [0.5, 0.6) is 0 Å². The van der Waals surface area contributed by atoms with Gasteiger partial charge < -0.3 is 0 Å². The summed E-state index contributed by atoms with van der Waals surface area (Å²) in [6.07, 6.45) is 0. The molecule has 4 heteroatoms. The number of nitrogens with zero attached hydrogens (tertiary/aromatic N) is 2. The van der Waals surface area contributed by atoms with Crippen LogP contribution in [-0.2, 0) is 0 Å². The van der Waals surface area contributed by atoms with Gasteiger partial charge >= 0.3 is 0 Å². The van der Waals surface area contributed by atoms with Crippen LogP contribution >= 0.6 is 22.7 Å². The van der Waals surface area contributed by atoms with Gasteiger partial charge in [0, 0.05) is 40.3 Å². The van der Waals surface area contributed by atoms with E-state index < -0.39 is 0 Å². The van der Waals surface area contributed by atoms with Crippen molar-refractivity contribution >= 4 is 63.0 Å². The Morgan fingerprint density at radius 1 is 0.429 bits per heavy atom. The van der Waals surface area contributed by atoms with Crippen molar-refractivity contribution in [2.75, 3.05) is 0 Å². The quantitative estimate of drug-likeness (QED) is 0.213. The molecule has 2 nitrogen and oxygen atoms in total. The van der Waals surface area contributed by atoms with Crippen molar-refractivity contribution in [2.45, 2.75) is 0 Å². The molecule has 0 aliphatic rings. The van der Waals surface area contributed by atoms with Crippen LogP contribution in [0.15, 0.2) is 121 Å². The maximum absolute atomic E-state index is 9.97. The minimum atomic E-state index is 0.657. The lowest BCUT2D eigenvalue weighted by Gasteiger charge is -2.13. The molecule has 8 rings (SSSR count). The summed E-state index contributed by atoms with van der Waals surface area (Å²) in [5.74, 6) is 0. The second-order valence-electron chi connectivity index (χ2n) is 10.3. The molecule has 0 saturated heterocycles. The Hall–Kier alpha value is -5.26. The van der Waals surface area contributed by atoms with Crippen LogP contribution in [0.4, 0.5) is 0 Å². The minimum absolute atomic E-state index is 0.657. The highest BCUT2D eigenvalue weighted by molar-refractivity contribution is 7.26. The average Bonchev–Trinajstić information content (AvgIpc) is 3.62. The van der Waals surface area contributed by atoms with E-state index in [1.165, 1.54) is 30.4 Å². The smallest absolute Gasteiger partial charge is 0.0998 e. The lowest BCUT2D eigenvalue weighted by atomic mass is 9.91. The molecule has 0 bridgehead atoms. The molecule has 0 aliphatic heterocycles. The van der Waals surface area contributed by atoms with Crippen molar-refractivity contribution in [1.29, 1.82) is 10.5 Å². The molecule has 0 amide bonds. The molecular weight excluding hydrogens is 549 g/mol. The first-order valence-corrected chi connectivity index (χ1v) is 15.3. The summed E-state index contributed by atoms with van der Waals surface area (Å²) in [6, 6.07) is 46.7. The molecule has 6 aromatic carbocycles. The van der Waals surface area contributed by atoms with Crippen molar-refractivity contribution in [1.82, 2.24) is 0 Å². The molecule has 0 fully saturated rings. The van der Waals surface area contributed by atoms with Crippen LogP contribution in [0.1, 0.15) is 11.1 Å². The number of thiophene rings is 2. The predicted molar refractivity (Wildman–Crippen MR) is 178 cm³/mol. The molecule has 0 unspecified atom stereocenters. The highest BCUT2D eigenvalue weighted by atomic mass is 32.1. The SMILES string of the molecule is N#Cc1ccc2sc3c(-c4cc(-c5ccccc5C#N)cc(-c5cccc6c5sc5ccccc56)c4)cccc3c2c1. The first kappa shape index (κ1) is 24.5. The van der Waals surface area contributed by atoms with Gasteiger partial charge in [-0.2, -0.15) is 10.5 Å². The van der Waals surface area contributed by atoms with E-state index in [9.17, 15) is 10.5 Å². The highest BCUT2D eigenvalue weighted by Gasteiger charge is 2.16. The molecular formula is C38H20N2S2. The second-order valence-corrected chi connectivity index (χ2v) is 12.4. The Morgan fingerprint density at radius 3 is 1.67 bits per heavy atom. The van der Waals surface area contributed by atoms with Crippen LogP contribution < -0.4 is 0 Å². The minimum Gasteiger partial charge on any atom is -0.192 e. The highest BCUT2D eigenvalue weighted by Crippen LogP contribution is 2.45. The maximum Gasteiger partial charge on any atom is 0.0998 e. The number of rotatable bonds is 3. The average molecular weight is 569 g/mol. The number of hydrogen-bond donors (Lipinski definition) is 0. The van der Waals surface area contributed by atoms with Crippen molar-refractivity contribution in [3.8, 4) is 45.5 Å². The topological polar surface area (TPSA) is 47.6 Å². The van der Waals surface area contributed by atoms with E-state index in [1.807, 2.05) is 47.7 Å². The fourth-order valence-corrected chi connectivity index (χ4v) is 8.45. The number of nitriles is 2. The van der Waals surface area contributed by atoms with Gasteiger partial charge in [0.1, 0.15) is 0 Å². The Bertz CT molecular complexity index is 2450. The predicted octanol–water partition coefficient (Wildman–Crippen LogP) is 11.2. The van der Waals surface area contributed by atoms with Crippen molar-refractivity contribution in [2.24, 2.45) is 0 Å². The summed E-state index contributed by atoms with van der Waals surface area (Å²) in [4.78, 5) is 0. The zero-order chi connectivity index (χ0) is 28.2. The zero-order valence-electron chi connectivity index (χ0n) is 22.3. The van der Waals surface area contributed by atoms with Crippen LogP contribution in [0.3, 0.4) is 0 Å². The van der Waals surface area contributed by atoms with E-state index in [0.29, 0.717) is 11.1 Å². The van der Waals surface area contributed by atoms with Crippen LogP contribution in [0, 0.1) is 22.7 Å². The molecule has 2 aromatic heterocycles. The van der Waals surface area contributed by atoms with Gasteiger partial charge in [-0.3, -0.25) is 0 Å². The van der Waals surface area contributed by atoms with E-state index in [-0.39, 0.29) is 0 Å². The van der Waals surface area contributed by atoms with Gasteiger partial charge in [0.15, 0.2) is 0 Å². The third kappa shape index (κ3) is 3.82. The lowest BCUT2D eigenvalue weighted by Crippen LogP contribution is -1.89. The molecule has 0 saturated carbocycles. The van der Waals surface area contributed by atoms with Crippen LogP contribution in [0.2, 0.25) is 0 Å². The van der Waals surface area contributed by atoms with Crippen molar-refractivity contribution in [3.63, 3.8) is 0 Å². The van der Waals surface area contributed by atoms with Gasteiger partial charge in [-0.25, -0.2) is 0 Å². The third-order valence-electron chi connectivity index (χ3n) is 7.94. The fraction of sp³-hybridized carbons (Fsp3) is 0. The van der Waals surface area contributed by atoms with Gasteiger partial charge in [-0.05, 0) is 81.9 Å². The molecule has 2 heterocycles. The fourth-order valence-electron chi connectivity index (χ4n) is 6.00. The van der Waals surface area contributed by atoms with Gasteiger partial charge in [0.2, 0.25) is 0 Å². The van der Waals surface area contributed by atoms with E-state index in [2.05, 4.69) is 97.1 Å². The van der Waals surface area contributed by atoms with Crippen LogP contribution in [0.25, 0.3) is 73.7 Å². The van der Waals surface area contributed by atoms with E-state index in [0.717, 1.165) is 43.3 Å². The number of hydrogen-bond acceptors (Lipinski definition) is 4. The first-order chi connectivity index (χ1) is 20.7. The lowest BCUT2D eigenvalue weighted by molar-refractivity contribution is 1.48. The van der Waals surface area contributed by atoms with Crippen LogP contribution in [-0.4, -0.2) is 0 Å². The Kier molecular flexibility index (Phi) is 5.66. The van der Waals surface area contributed by atoms with Gasteiger partial charge in [-0.15, -0.1) is 22.7 Å². The Balaban J connectivity index is 1.43. The van der Waals surface area contributed by atoms with E-state index >= 15 is 0 Å². The summed E-state index contributed by atoms with van der Waals surface area (Å²) in [6.45, 7) is 0. The number of benzene rings is 6. The van der Waals surface area contributed by atoms with Crippen molar-refractivity contribution < 1.29 is 0 Å². The molecule has 0 spiro atoms. The third-order valence-corrected chi connectivity index (χ3v) is 10.4. The first-order valence-electron chi connectivity index (χ1n) is 13.6. The molecule has 0 atom stereocenters. The summed E-state index contributed by atoms with van der Waals surface area (Å²) >= 11 is 3.59. The van der Waals surface area contributed by atoms with Gasteiger partial charge in [0.05, 0.1) is 23.3 Å². The number of fused-ring (bicyclic) bond motifs is 6. The normalized spacial score (nSPS) is 11.3. The summed E-state index contributed by atoms with van der Waals surface area (Å²) in [5, 5.41) is 24.3. The molecule has 0 N–H and O–H groups in total. The molecule has 0 aliphatic carbocycles. The molecule has 42 heavy (non-hydrogen) atoms. The van der Waals surface area contributed by atoms with E-state index in [4.69, 9.17) is 0 Å². The monoisotopic (exact) mass is 568 g/mol. The Labute approximate surface area is 250 Å². The summed E-state index contributed by atoms with van der Waals surface area (Å²) in [5.41, 5.74) is 7.83. The summed E-state index contributed by atoms with van der Waals surface area (Å²) < 4.78 is 4.90. The largest absolute Gasteiger partial charge is 0.192 e. The van der Waals surface area contributed by atoms with Gasteiger partial charge in [0.25, 0.3) is 0 Å². The summed E-state index contributed by atoms with van der Waals surface area (Å²) in [7, 11) is 0. The van der Waals surface area contributed by atoms with Crippen molar-refractivity contribution in [3.05, 3.63) is 132 Å². The van der Waals surface area contributed by atoms with E-state index in [1.54, 1.807) is 11.3 Å². The molecule has 8 aromatic rings. The maximum atomic E-state index is 9.97. The van der Waals surface area contributed by atoms with Gasteiger partial charge in [-0.1, -0.05) is 72.8 Å². The second kappa shape index (κ2) is 9.68. The Morgan fingerprint density at radius 2 is 0.976 bits per heavy atom.